The van der Waals surface area contributed by atoms with Crippen molar-refractivity contribution in [3.05, 3.63) is 0 Å². The summed E-state index contributed by atoms with van der Waals surface area (Å²) >= 11 is 0. The van der Waals surface area contributed by atoms with Gasteiger partial charge in [-0.1, -0.05) is 0 Å². The fraction of sp³-hybridized carbons (Fsp3) is 0.778. The van der Waals surface area contributed by atoms with E-state index in [1.807, 2.05) is 0 Å². The molecular weight excluding hydrogens is 308 g/mol. The average Bonchev–Trinajstić information content (AvgIpc) is 2.63. The van der Waals surface area contributed by atoms with E-state index in [2.05, 4.69) is 15.1 Å². The molecule has 0 aromatic rings. The molecule has 2 amide bonds. The summed E-state index contributed by atoms with van der Waals surface area (Å²) in [5.41, 5.74) is 10.0. The van der Waals surface area contributed by atoms with Crippen LogP contribution in [0, 0.1) is 0 Å². The van der Waals surface area contributed by atoms with Crippen LogP contribution in [0.5, 0.6) is 0 Å². The summed E-state index contributed by atoms with van der Waals surface area (Å²) in [6.45, 7) is 0.342. The van der Waals surface area contributed by atoms with Crippen molar-refractivity contribution in [1.29, 1.82) is 0 Å². The number of hydroxylamine groups is 1. The lowest BCUT2D eigenvalue weighted by Gasteiger charge is -2.31. The summed E-state index contributed by atoms with van der Waals surface area (Å²) in [6.07, 6.45) is -0.771. The van der Waals surface area contributed by atoms with Crippen LogP contribution in [0.25, 0.3) is 0 Å². The molecule has 2 aliphatic heterocycles. The molecule has 2 rings (SSSR count). The standard InChI is InChI=1S/C9H16N4O7S/c10-3-4-19-12-8(14)6-2-1-5-7(20-21(16,17)18)9(15)13(6)11-5/h5-7,11H,1-4,10H2,(H,12,14)(H,16,17,18). The molecule has 120 valence electrons. The van der Waals surface area contributed by atoms with Crippen LogP contribution in [0.4, 0.5) is 0 Å². The van der Waals surface area contributed by atoms with Gasteiger partial charge >= 0.3 is 10.4 Å². The van der Waals surface area contributed by atoms with Crippen LogP contribution in [-0.2, 0) is 29.0 Å². The number of rotatable bonds is 6. The maximum Gasteiger partial charge on any atom is 0.398 e. The Labute approximate surface area is 120 Å². The van der Waals surface area contributed by atoms with Gasteiger partial charge in [-0.05, 0) is 12.8 Å². The van der Waals surface area contributed by atoms with Crippen molar-refractivity contribution in [2.24, 2.45) is 5.73 Å². The summed E-state index contributed by atoms with van der Waals surface area (Å²) in [6, 6.07) is -1.48. The minimum absolute atomic E-state index is 0.122. The van der Waals surface area contributed by atoms with Crippen LogP contribution in [0.1, 0.15) is 12.8 Å². The number of amides is 2. The van der Waals surface area contributed by atoms with Crippen LogP contribution in [0.2, 0.25) is 0 Å². The van der Waals surface area contributed by atoms with Crippen molar-refractivity contribution in [1.82, 2.24) is 15.9 Å². The number of carbonyl (C=O) groups is 2. The SMILES string of the molecule is NCCONC(=O)C1CCC2NN1C(=O)C2OS(=O)(=O)O. The van der Waals surface area contributed by atoms with Crippen molar-refractivity contribution in [3.8, 4) is 0 Å². The van der Waals surface area contributed by atoms with Crippen molar-refractivity contribution in [2.45, 2.75) is 31.0 Å². The summed E-state index contributed by atoms with van der Waals surface area (Å²) < 4.78 is 34.5. The third-order valence-corrected chi connectivity index (χ3v) is 3.59. The van der Waals surface area contributed by atoms with Gasteiger partial charge in [0.05, 0.1) is 12.6 Å². The van der Waals surface area contributed by atoms with Crippen molar-refractivity contribution in [3.63, 3.8) is 0 Å². The van der Waals surface area contributed by atoms with Gasteiger partial charge in [0.2, 0.25) is 0 Å². The van der Waals surface area contributed by atoms with Gasteiger partial charge < -0.3 is 5.73 Å². The second-order valence-corrected chi connectivity index (χ2v) is 5.63. The number of hydrazine groups is 1. The number of nitrogens with two attached hydrogens (primary N) is 1. The highest BCUT2D eigenvalue weighted by Crippen LogP contribution is 2.27. The molecule has 12 heteroatoms. The highest BCUT2D eigenvalue weighted by Gasteiger charge is 2.51. The Hall–Kier alpha value is -1.31. The minimum Gasteiger partial charge on any atom is -0.328 e. The molecule has 0 aromatic heterocycles. The Bertz CT molecular complexity index is 524. The highest BCUT2D eigenvalue weighted by atomic mass is 32.3. The second-order valence-electron chi connectivity index (χ2n) is 4.58. The number of hydrogen-bond acceptors (Lipinski definition) is 8. The van der Waals surface area contributed by atoms with Crippen molar-refractivity contribution >= 4 is 22.2 Å². The van der Waals surface area contributed by atoms with E-state index >= 15 is 0 Å². The zero-order chi connectivity index (χ0) is 15.6. The van der Waals surface area contributed by atoms with Crippen LogP contribution >= 0.6 is 0 Å². The number of hydrogen-bond donors (Lipinski definition) is 4. The molecule has 3 atom stereocenters. The molecule has 0 saturated carbocycles. The molecule has 0 aliphatic carbocycles. The van der Waals surface area contributed by atoms with Crippen LogP contribution in [0.15, 0.2) is 0 Å². The molecule has 2 saturated heterocycles. The maximum atomic E-state index is 12.0. The van der Waals surface area contributed by atoms with Crippen LogP contribution in [-0.4, -0.2) is 61.1 Å². The molecule has 2 heterocycles. The number of carbonyl (C=O) groups excluding carboxylic acids is 2. The Morgan fingerprint density at radius 1 is 1.52 bits per heavy atom. The monoisotopic (exact) mass is 324 g/mol. The largest absolute Gasteiger partial charge is 0.398 e. The quantitative estimate of drug-likeness (QED) is 0.227. The highest BCUT2D eigenvalue weighted by molar-refractivity contribution is 7.80. The van der Waals surface area contributed by atoms with Gasteiger partial charge in [0.15, 0.2) is 6.10 Å². The lowest BCUT2D eigenvalue weighted by Crippen LogP contribution is -2.55. The maximum absolute atomic E-state index is 12.0. The lowest BCUT2D eigenvalue weighted by molar-refractivity contribution is -0.149. The van der Waals surface area contributed by atoms with E-state index in [9.17, 15) is 18.0 Å². The number of nitrogens with one attached hydrogen (secondary N) is 2. The van der Waals surface area contributed by atoms with E-state index in [1.165, 1.54) is 0 Å². The molecule has 0 radical (unpaired) electrons. The molecular formula is C9H16N4O7S. The topological polar surface area (TPSA) is 160 Å². The Balaban J connectivity index is 2.01. The van der Waals surface area contributed by atoms with Gasteiger partial charge in [-0.15, -0.1) is 0 Å². The predicted molar refractivity (Wildman–Crippen MR) is 66.4 cm³/mol. The molecule has 2 fully saturated rings. The third-order valence-electron chi connectivity index (χ3n) is 3.13. The van der Waals surface area contributed by atoms with E-state index < -0.39 is 40.4 Å². The third kappa shape index (κ3) is 3.66. The fourth-order valence-electron chi connectivity index (χ4n) is 2.28. The van der Waals surface area contributed by atoms with Crippen molar-refractivity contribution in [2.75, 3.05) is 13.2 Å². The Morgan fingerprint density at radius 3 is 2.86 bits per heavy atom. The van der Waals surface area contributed by atoms with Gasteiger partial charge in [-0.3, -0.25) is 24.0 Å². The van der Waals surface area contributed by atoms with E-state index in [0.29, 0.717) is 12.8 Å². The molecule has 0 aromatic carbocycles. The zero-order valence-corrected chi connectivity index (χ0v) is 11.7. The Kier molecular flexibility index (Phi) is 4.75. The molecule has 2 bridgehead atoms. The number of nitrogens with zero attached hydrogens (tertiary/aromatic N) is 1. The number of fused-ring (bicyclic) bond motifs is 2. The first kappa shape index (κ1) is 16.1. The summed E-state index contributed by atoms with van der Waals surface area (Å²) in [7, 11) is -4.76. The average molecular weight is 324 g/mol. The molecule has 2 aliphatic rings. The molecule has 11 nitrogen and oxygen atoms in total. The van der Waals surface area contributed by atoms with Crippen LogP contribution in [0.3, 0.4) is 0 Å². The van der Waals surface area contributed by atoms with E-state index in [1.54, 1.807) is 0 Å². The minimum atomic E-state index is -4.76. The molecule has 0 spiro atoms. The molecule has 21 heavy (non-hydrogen) atoms. The molecule has 3 unspecified atom stereocenters. The zero-order valence-electron chi connectivity index (χ0n) is 10.9. The summed E-state index contributed by atoms with van der Waals surface area (Å²) in [5.74, 6) is -1.30. The van der Waals surface area contributed by atoms with Gasteiger partial charge in [-0.2, -0.15) is 8.42 Å². The smallest absolute Gasteiger partial charge is 0.328 e. The predicted octanol–water partition coefficient (Wildman–Crippen LogP) is -2.94. The normalized spacial score (nSPS) is 28.8. The first-order valence-corrected chi connectivity index (χ1v) is 7.56. The van der Waals surface area contributed by atoms with Gasteiger partial charge in [0, 0.05) is 6.54 Å². The van der Waals surface area contributed by atoms with E-state index in [-0.39, 0.29) is 13.2 Å². The fourth-order valence-corrected chi connectivity index (χ4v) is 2.76. The second kappa shape index (κ2) is 6.21. The summed E-state index contributed by atoms with van der Waals surface area (Å²) in [5, 5.41) is 0.991. The Morgan fingerprint density at radius 2 is 2.24 bits per heavy atom. The van der Waals surface area contributed by atoms with Crippen LogP contribution < -0.4 is 16.6 Å². The van der Waals surface area contributed by atoms with Gasteiger partial charge in [-0.25, -0.2) is 15.1 Å². The van der Waals surface area contributed by atoms with Crippen molar-refractivity contribution < 1.29 is 31.6 Å². The first-order chi connectivity index (χ1) is 9.83. The lowest BCUT2D eigenvalue weighted by atomic mass is 10.0. The van der Waals surface area contributed by atoms with E-state index in [4.69, 9.17) is 15.1 Å². The molecule has 5 N–H and O–H groups in total. The van der Waals surface area contributed by atoms with Gasteiger partial charge in [0.25, 0.3) is 11.8 Å². The van der Waals surface area contributed by atoms with E-state index in [0.717, 1.165) is 5.01 Å². The van der Waals surface area contributed by atoms with Gasteiger partial charge in [0.1, 0.15) is 6.04 Å². The summed E-state index contributed by atoms with van der Waals surface area (Å²) in [4.78, 5) is 28.7. The first-order valence-electron chi connectivity index (χ1n) is 6.20.